The van der Waals surface area contributed by atoms with E-state index in [1.807, 2.05) is 0 Å². The summed E-state index contributed by atoms with van der Waals surface area (Å²) >= 11 is 5.58. The number of aliphatic hydroxyl groups is 1. The zero-order valence-corrected chi connectivity index (χ0v) is 12.4. The first-order valence-electron chi connectivity index (χ1n) is 6.16. The van der Waals surface area contributed by atoms with Crippen LogP contribution in [0.25, 0.3) is 0 Å². The number of aliphatic hydroxyl groups excluding tert-OH is 1. The molecule has 21 heavy (non-hydrogen) atoms. The van der Waals surface area contributed by atoms with Gasteiger partial charge < -0.3 is 20.6 Å². The van der Waals surface area contributed by atoms with Crippen molar-refractivity contribution in [2.45, 2.75) is 6.10 Å². The van der Waals surface area contributed by atoms with Crippen LogP contribution >= 0.6 is 11.6 Å². The first kappa shape index (κ1) is 17.4. The maximum Gasteiger partial charge on any atom is 0.313 e. The van der Waals surface area contributed by atoms with Crippen LogP contribution < -0.4 is 10.6 Å². The molecule has 0 aliphatic carbocycles. The largest absolute Gasteiger partial charge is 0.390 e. The second kappa shape index (κ2) is 7.92. The van der Waals surface area contributed by atoms with E-state index < -0.39 is 23.7 Å². The van der Waals surface area contributed by atoms with Gasteiger partial charge in [0.1, 0.15) is 5.82 Å². The minimum absolute atomic E-state index is 0.0759. The van der Waals surface area contributed by atoms with E-state index in [4.69, 9.17) is 11.6 Å². The van der Waals surface area contributed by atoms with Gasteiger partial charge in [0.25, 0.3) is 0 Å². The summed E-state index contributed by atoms with van der Waals surface area (Å²) < 4.78 is 13.5. The highest BCUT2D eigenvalue weighted by Gasteiger charge is 2.17. The van der Waals surface area contributed by atoms with Crippen LogP contribution in [0.1, 0.15) is 0 Å². The van der Waals surface area contributed by atoms with Crippen LogP contribution in [0, 0.1) is 5.82 Å². The zero-order valence-electron chi connectivity index (χ0n) is 11.7. The number of carbonyl (C=O) groups excluding carboxylic acids is 2. The number of rotatable bonds is 5. The van der Waals surface area contributed by atoms with Crippen LogP contribution in [0.4, 0.5) is 10.1 Å². The molecule has 0 radical (unpaired) electrons. The number of amides is 2. The summed E-state index contributed by atoms with van der Waals surface area (Å²) in [6.45, 7) is 0.265. The molecule has 0 bridgehead atoms. The average Bonchev–Trinajstić information content (AvgIpc) is 2.38. The molecule has 0 aliphatic rings. The summed E-state index contributed by atoms with van der Waals surface area (Å²) in [4.78, 5) is 24.8. The Morgan fingerprint density at radius 2 is 2.05 bits per heavy atom. The molecule has 0 aliphatic heterocycles. The number of anilines is 1. The van der Waals surface area contributed by atoms with Crippen LogP contribution in [-0.4, -0.2) is 55.1 Å². The van der Waals surface area contributed by atoms with E-state index in [0.717, 1.165) is 6.07 Å². The van der Waals surface area contributed by atoms with Gasteiger partial charge in [0.05, 0.1) is 11.8 Å². The summed E-state index contributed by atoms with van der Waals surface area (Å²) in [7, 11) is 3.53. The predicted molar refractivity (Wildman–Crippen MR) is 77.6 cm³/mol. The maximum atomic E-state index is 13.5. The minimum Gasteiger partial charge on any atom is -0.390 e. The van der Waals surface area contributed by atoms with E-state index in [0.29, 0.717) is 6.54 Å². The standard InChI is InChI=1S/C13H17ClFN3O3/c1-18(2)7-9(19)6-16-12(20)13(21)17-11-4-3-8(14)5-10(11)15/h3-5,9,19H,6-7H2,1-2H3,(H,16,20)(H,17,21). The van der Waals surface area contributed by atoms with Gasteiger partial charge in [-0.05, 0) is 32.3 Å². The molecule has 116 valence electrons. The van der Waals surface area contributed by atoms with Crippen LogP contribution in [0.5, 0.6) is 0 Å². The first-order valence-corrected chi connectivity index (χ1v) is 6.54. The van der Waals surface area contributed by atoms with E-state index in [9.17, 15) is 19.1 Å². The van der Waals surface area contributed by atoms with Crippen molar-refractivity contribution in [3.8, 4) is 0 Å². The number of nitrogens with one attached hydrogen (secondary N) is 2. The van der Waals surface area contributed by atoms with Gasteiger partial charge >= 0.3 is 11.8 Å². The number of hydrogen-bond donors (Lipinski definition) is 3. The lowest BCUT2D eigenvalue weighted by Crippen LogP contribution is -2.42. The average molecular weight is 318 g/mol. The lowest BCUT2D eigenvalue weighted by molar-refractivity contribution is -0.136. The van der Waals surface area contributed by atoms with Gasteiger partial charge in [-0.3, -0.25) is 9.59 Å². The smallest absolute Gasteiger partial charge is 0.313 e. The van der Waals surface area contributed by atoms with Gasteiger partial charge in [-0.2, -0.15) is 0 Å². The molecular formula is C13H17ClFN3O3. The lowest BCUT2D eigenvalue weighted by atomic mass is 10.3. The van der Waals surface area contributed by atoms with Gasteiger partial charge in [0.15, 0.2) is 0 Å². The Hall–Kier alpha value is -1.70. The summed E-state index contributed by atoms with van der Waals surface area (Å²) in [6.07, 6.45) is -0.802. The van der Waals surface area contributed by atoms with Gasteiger partial charge in [-0.25, -0.2) is 4.39 Å². The van der Waals surface area contributed by atoms with E-state index >= 15 is 0 Å². The van der Waals surface area contributed by atoms with Crippen molar-refractivity contribution in [1.82, 2.24) is 10.2 Å². The number of nitrogens with zero attached hydrogens (tertiary/aromatic N) is 1. The Labute approximate surface area is 126 Å². The first-order chi connectivity index (χ1) is 9.79. The van der Waals surface area contributed by atoms with E-state index in [-0.39, 0.29) is 17.3 Å². The normalized spacial score (nSPS) is 12.1. The van der Waals surface area contributed by atoms with Crippen molar-refractivity contribution in [1.29, 1.82) is 0 Å². The minimum atomic E-state index is -1.02. The molecule has 0 aromatic heterocycles. The van der Waals surface area contributed by atoms with Crippen molar-refractivity contribution in [3.05, 3.63) is 29.0 Å². The number of benzene rings is 1. The van der Waals surface area contributed by atoms with Gasteiger partial charge in [0, 0.05) is 18.1 Å². The van der Waals surface area contributed by atoms with Gasteiger partial charge in [-0.1, -0.05) is 11.6 Å². The molecule has 1 rings (SSSR count). The molecule has 1 atom stereocenters. The Morgan fingerprint density at radius 3 is 2.62 bits per heavy atom. The Morgan fingerprint density at radius 1 is 1.38 bits per heavy atom. The zero-order chi connectivity index (χ0) is 16.0. The highest BCUT2D eigenvalue weighted by Crippen LogP contribution is 2.18. The van der Waals surface area contributed by atoms with Crippen molar-refractivity contribution >= 4 is 29.1 Å². The topological polar surface area (TPSA) is 81.7 Å². The number of hydrogen-bond acceptors (Lipinski definition) is 4. The molecule has 1 unspecified atom stereocenters. The predicted octanol–water partition coefficient (Wildman–Crippen LogP) is 0.456. The monoisotopic (exact) mass is 317 g/mol. The third-order valence-corrected chi connectivity index (χ3v) is 2.69. The Balaban J connectivity index is 2.49. The third-order valence-electron chi connectivity index (χ3n) is 2.46. The maximum absolute atomic E-state index is 13.5. The van der Waals surface area contributed by atoms with Gasteiger partial charge in [0.2, 0.25) is 0 Å². The molecule has 8 heteroatoms. The van der Waals surface area contributed by atoms with Crippen LogP contribution in [0.2, 0.25) is 5.02 Å². The molecule has 0 fully saturated rings. The van der Waals surface area contributed by atoms with E-state index in [2.05, 4.69) is 10.6 Å². The van der Waals surface area contributed by atoms with Gasteiger partial charge in [-0.15, -0.1) is 0 Å². The van der Waals surface area contributed by atoms with Crippen LogP contribution in [-0.2, 0) is 9.59 Å². The summed E-state index contributed by atoms with van der Waals surface area (Å²) in [5.74, 6) is -2.72. The second-order valence-electron chi connectivity index (χ2n) is 4.70. The fraction of sp³-hybridized carbons (Fsp3) is 0.385. The highest BCUT2D eigenvalue weighted by molar-refractivity contribution is 6.39. The number of halogens is 2. The summed E-state index contributed by atoms with van der Waals surface area (Å²) in [5, 5.41) is 14.1. The molecule has 2 amide bonds. The molecule has 0 heterocycles. The molecule has 3 N–H and O–H groups in total. The molecule has 1 aromatic carbocycles. The van der Waals surface area contributed by atoms with Crippen LogP contribution in [0.3, 0.4) is 0 Å². The fourth-order valence-electron chi connectivity index (χ4n) is 1.55. The van der Waals surface area contributed by atoms with E-state index in [1.165, 1.54) is 12.1 Å². The SMILES string of the molecule is CN(C)CC(O)CNC(=O)C(=O)Nc1ccc(Cl)cc1F. The quantitative estimate of drug-likeness (QED) is 0.689. The fourth-order valence-corrected chi connectivity index (χ4v) is 1.71. The Kier molecular flexibility index (Phi) is 6.54. The second-order valence-corrected chi connectivity index (χ2v) is 5.14. The number of likely N-dealkylation sites (N-methyl/N-ethyl adjacent to an activating group) is 1. The molecule has 1 aromatic rings. The third kappa shape index (κ3) is 6.07. The highest BCUT2D eigenvalue weighted by atomic mass is 35.5. The van der Waals surface area contributed by atoms with Crippen molar-refractivity contribution in [3.63, 3.8) is 0 Å². The summed E-state index contributed by atoms with van der Waals surface area (Å²) in [5.41, 5.74) is -0.145. The van der Waals surface area contributed by atoms with Crippen molar-refractivity contribution in [2.75, 3.05) is 32.5 Å². The van der Waals surface area contributed by atoms with E-state index in [1.54, 1.807) is 19.0 Å². The summed E-state index contributed by atoms with van der Waals surface area (Å²) in [6, 6.07) is 3.67. The number of carbonyl (C=O) groups is 2. The molecule has 6 nitrogen and oxygen atoms in total. The van der Waals surface area contributed by atoms with Crippen molar-refractivity contribution in [2.24, 2.45) is 0 Å². The molecular weight excluding hydrogens is 301 g/mol. The molecule has 0 spiro atoms. The molecule has 0 saturated heterocycles. The Bertz CT molecular complexity index is 525. The van der Waals surface area contributed by atoms with Crippen molar-refractivity contribution < 1.29 is 19.1 Å². The van der Waals surface area contributed by atoms with Crippen LogP contribution in [0.15, 0.2) is 18.2 Å². The lowest BCUT2D eigenvalue weighted by Gasteiger charge is -2.16. The molecule has 0 saturated carbocycles.